The summed E-state index contributed by atoms with van der Waals surface area (Å²) >= 11 is 3.19. The van der Waals surface area contributed by atoms with Crippen LogP contribution in [0.1, 0.15) is 10.4 Å². The highest BCUT2D eigenvalue weighted by Crippen LogP contribution is 2.28. The van der Waals surface area contributed by atoms with E-state index in [1.54, 1.807) is 18.2 Å². The van der Waals surface area contributed by atoms with E-state index in [1.165, 1.54) is 7.11 Å². The van der Waals surface area contributed by atoms with Crippen molar-refractivity contribution in [1.82, 2.24) is 0 Å². The molecule has 80 valence electrons. The highest BCUT2D eigenvalue weighted by Gasteiger charge is 2.05. The van der Waals surface area contributed by atoms with Gasteiger partial charge in [0.25, 0.3) is 0 Å². The number of benzene rings is 1. The van der Waals surface area contributed by atoms with Crippen LogP contribution in [0.3, 0.4) is 0 Å². The lowest BCUT2D eigenvalue weighted by molar-refractivity contribution is 0.112. The Labute approximate surface area is 96.8 Å². The van der Waals surface area contributed by atoms with E-state index in [2.05, 4.69) is 22.5 Å². The predicted octanol–water partition coefficient (Wildman–Crippen LogP) is 2.80. The summed E-state index contributed by atoms with van der Waals surface area (Å²) in [5.41, 5.74) is 0.553. The Hall–Kier alpha value is -1.29. The van der Waals surface area contributed by atoms with Gasteiger partial charge in [0.15, 0.2) is 11.5 Å². The zero-order valence-electron chi connectivity index (χ0n) is 8.33. The molecule has 0 saturated carbocycles. The summed E-state index contributed by atoms with van der Waals surface area (Å²) in [5, 5.41) is 0. The Kier molecular flexibility index (Phi) is 4.37. The van der Waals surface area contributed by atoms with E-state index in [0.29, 0.717) is 23.7 Å². The molecule has 0 saturated heterocycles. The van der Waals surface area contributed by atoms with Gasteiger partial charge in [-0.15, -0.1) is 0 Å². The van der Waals surface area contributed by atoms with Gasteiger partial charge in [-0.3, -0.25) is 4.79 Å². The standard InChI is InChI=1S/C11H11BrO3/c1-8(12)7-15-10-4-3-9(6-13)5-11(10)14-2/h3-6H,1,7H2,2H3. The summed E-state index contributed by atoms with van der Waals surface area (Å²) in [5.74, 6) is 1.12. The minimum absolute atomic E-state index is 0.358. The molecule has 0 aromatic heterocycles. The van der Waals surface area contributed by atoms with E-state index < -0.39 is 0 Å². The lowest BCUT2D eigenvalue weighted by Gasteiger charge is -2.10. The Morgan fingerprint density at radius 3 is 2.80 bits per heavy atom. The van der Waals surface area contributed by atoms with Crippen LogP contribution in [-0.4, -0.2) is 20.0 Å². The number of hydrogen-bond acceptors (Lipinski definition) is 3. The minimum Gasteiger partial charge on any atom is -0.493 e. The van der Waals surface area contributed by atoms with E-state index in [-0.39, 0.29) is 0 Å². The molecule has 0 heterocycles. The number of halogens is 1. The first-order valence-electron chi connectivity index (χ1n) is 4.26. The number of methoxy groups -OCH3 is 1. The zero-order valence-corrected chi connectivity index (χ0v) is 9.91. The van der Waals surface area contributed by atoms with Crippen LogP contribution in [0.2, 0.25) is 0 Å². The number of carbonyl (C=O) groups is 1. The van der Waals surface area contributed by atoms with Crippen LogP contribution in [0.5, 0.6) is 11.5 Å². The SMILES string of the molecule is C=C(Br)COc1ccc(C=O)cc1OC. The van der Waals surface area contributed by atoms with Crippen LogP contribution in [0, 0.1) is 0 Å². The van der Waals surface area contributed by atoms with Gasteiger partial charge in [0.2, 0.25) is 0 Å². The number of carbonyl (C=O) groups excluding carboxylic acids is 1. The molecule has 1 rings (SSSR count). The second kappa shape index (κ2) is 5.56. The van der Waals surface area contributed by atoms with Crippen molar-refractivity contribution >= 4 is 22.2 Å². The molecule has 0 aliphatic rings. The summed E-state index contributed by atoms with van der Waals surface area (Å²) in [7, 11) is 1.53. The largest absolute Gasteiger partial charge is 0.493 e. The molecule has 1 aromatic carbocycles. The van der Waals surface area contributed by atoms with Gasteiger partial charge in [-0.2, -0.15) is 0 Å². The number of aldehydes is 1. The summed E-state index contributed by atoms with van der Waals surface area (Å²) in [6, 6.07) is 4.99. The molecule has 0 spiro atoms. The Morgan fingerprint density at radius 2 is 2.27 bits per heavy atom. The molecule has 0 aliphatic carbocycles. The van der Waals surface area contributed by atoms with Crippen LogP contribution in [0.15, 0.2) is 29.3 Å². The molecule has 0 atom stereocenters. The van der Waals surface area contributed by atoms with Gasteiger partial charge in [0.05, 0.1) is 7.11 Å². The fourth-order valence-electron chi connectivity index (χ4n) is 1.03. The van der Waals surface area contributed by atoms with Crippen LogP contribution >= 0.6 is 15.9 Å². The summed E-state index contributed by atoms with van der Waals surface area (Å²) in [6.45, 7) is 4.01. The van der Waals surface area contributed by atoms with Gasteiger partial charge in [0, 0.05) is 10.0 Å². The topological polar surface area (TPSA) is 35.5 Å². The second-order valence-electron chi connectivity index (χ2n) is 2.83. The summed E-state index contributed by atoms with van der Waals surface area (Å²) < 4.78 is 11.2. The molecule has 3 nitrogen and oxygen atoms in total. The molecule has 1 aromatic rings. The molecule has 0 amide bonds. The van der Waals surface area contributed by atoms with Crippen molar-refractivity contribution in [3.8, 4) is 11.5 Å². The van der Waals surface area contributed by atoms with Crippen molar-refractivity contribution in [3.05, 3.63) is 34.8 Å². The second-order valence-corrected chi connectivity index (χ2v) is 3.96. The molecule has 15 heavy (non-hydrogen) atoms. The normalized spacial score (nSPS) is 9.47. The van der Waals surface area contributed by atoms with Crippen LogP contribution < -0.4 is 9.47 Å². The molecule has 0 radical (unpaired) electrons. The molecule has 0 bridgehead atoms. The first kappa shape index (κ1) is 11.8. The first-order valence-corrected chi connectivity index (χ1v) is 5.06. The molecule has 0 fully saturated rings. The average Bonchev–Trinajstić information content (AvgIpc) is 2.25. The third kappa shape index (κ3) is 3.40. The molecular formula is C11H11BrO3. The fraction of sp³-hybridized carbons (Fsp3) is 0.182. The van der Waals surface area contributed by atoms with Crippen molar-refractivity contribution in [2.45, 2.75) is 0 Å². The van der Waals surface area contributed by atoms with Crippen molar-refractivity contribution in [2.24, 2.45) is 0 Å². The Balaban J connectivity index is 2.87. The van der Waals surface area contributed by atoms with Crippen molar-refractivity contribution in [3.63, 3.8) is 0 Å². The smallest absolute Gasteiger partial charge is 0.161 e. The highest BCUT2D eigenvalue weighted by atomic mass is 79.9. The molecule has 4 heteroatoms. The third-order valence-corrected chi connectivity index (χ3v) is 1.94. The van der Waals surface area contributed by atoms with E-state index >= 15 is 0 Å². The van der Waals surface area contributed by atoms with Gasteiger partial charge in [-0.05, 0) is 18.2 Å². The predicted molar refractivity (Wildman–Crippen MR) is 61.9 cm³/mol. The van der Waals surface area contributed by atoms with Crippen LogP contribution in [-0.2, 0) is 0 Å². The number of ether oxygens (including phenoxy) is 2. The molecule has 0 aliphatic heterocycles. The van der Waals surface area contributed by atoms with Crippen molar-refractivity contribution in [2.75, 3.05) is 13.7 Å². The maximum atomic E-state index is 10.5. The average molecular weight is 271 g/mol. The maximum Gasteiger partial charge on any atom is 0.161 e. The van der Waals surface area contributed by atoms with Crippen LogP contribution in [0.25, 0.3) is 0 Å². The Bertz CT molecular complexity index is 374. The van der Waals surface area contributed by atoms with Crippen LogP contribution in [0.4, 0.5) is 0 Å². The van der Waals surface area contributed by atoms with E-state index in [1.807, 2.05) is 0 Å². The van der Waals surface area contributed by atoms with Gasteiger partial charge in [0.1, 0.15) is 12.9 Å². The van der Waals surface area contributed by atoms with Gasteiger partial charge in [-0.1, -0.05) is 22.5 Å². The molecule has 0 unspecified atom stereocenters. The van der Waals surface area contributed by atoms with E-state index in [0.717, 1.165) is 10.8 Å². The lowest BCUT2D eigenvalue weighted by Crippen LogP contribution is -1.99. The molecular weight excluding hydrogens is 260 g/mol. The monoisotopic (exact) mass is 270 g/mol. The first-order chi connectivity index (χ1) is 7.17. The number of rotatable bonds is 5. The maximum absolute atomic E-state index is 10.5. The molecule has 0 N–H and O–H groups in total. The lowest BCUT2D eigenvalue weighted by atomic mass is 10.2. The Morgan fingerprint density at radius 1 is 1.53 bits per heavy atom. The van der Waals surface area contributed by atoms with Gasteiger partial charge in [-0.25, -0.2) is 0 Å². The van der Waals surface area contributed by atoms with Gasteiger partial charge < -0.3 is 9.47 Å². The van der Waals surface area contributed by atoms with E-state index in [9.17, 15) is 4.79 Å². The van der Waals surface area contributed by atoms with Crippen molar-refractivity contribution < 1.29 is 14.3 Å². The number of hydrogen-bond donors (Lipinski definition) is 0. The quantitative estimate of drug-likeness (QED) is 0.772. The van der Waals surface area contributed by atoms with Crippen molar-refractivity contribution in [1.29, 1.82) is 0 Å². The van der Waals surface area contributed by atoms with E-state index in [4.69, 9.17) is 9.47 Å². The highest BCUT2D eigenvalue weighted by molar-refractivity contribution is 9.11. The fourth-order valence-corrected chi connectivity index (χ4v) is 1.15. The summed E-state index contributed by atoms with van der Waals surface area (Å²) in [6.07, 6.45) is 0.760. The third-order valence-electron chi connectivity index (χ3n) is 1.71. The minimum atomic E-state index is 0.358. The zero-order chi connectivity index (χ0) is 11.3. The van der Waals surface area contributed by atoms with Gasteiger partial charge >= 0.3 is 0 Å². The summed E-state index contributed by atoms with van der Waals surface area (Å²) in [4.78, 5) is 10.5.